The average molecular weight is 248 g/mol. The van der Waals surface area contributed by atoms with Crippen LogP contribution in [0.25, 0.3) is 0 Å². The number of hydrogen-bond acceptors (Lipinski definition) is 3. The molecule has 4 heteroatoms. The number of carbonyl (C=O) groups is 1. The number of rotatable bonds is 6. The Bertz CT molecular complexity index is 410. The van der Waals surface area contributed by atoms with Gasteiger partial charge in [-0.15, -0.1) is 0 Å². The molecular weight excluding hydrogens is 228 g/mol. The Morgan fingerprint density at radius 2 is 2.06 bits per heavy atom. The van der Waals surface area contributed by atoms with Crippen LogP contribution in [0, 0.1) is 0 Å². The van der Waals surface area contributed by atoms with Crippen molar-refractivity contribution in [1.29, 1.82) is 0 Å². The van der Waals surface area contributed by atoms with Gasteiger partial charge >= 0.3 is 0 Å². The van der Waals surface area contributed by atoms with E-state index in [-0.39, 0.29) is 11.3 Å². The minimum atomic E-state index is 0.0392. The van der Waals surface area contributed by atoms with Gasteiger partial charge in [0.2, 0.25) is 5.91 Å². The van der Waals surface area contributed by atoms with Crippen molar-refractivity contribution >= 4 is 5.91 Å². The summed E-state index contributed by atoms with van der Waals surface area (Å²) in [4.78, 5) is 11.4. The van der Waals surface area contributed by atoms with Crippen molar-refractivity contribution in [3.63, 3.8) is 0 Å². The lowest BCUT2D eigenvalue weighted by atomic mass is 9.96. The van der Waals surface area contributed by atoms with E-state index >= 15 is 0 Å². The SMILES string of the molecule is COc1ccc(C2(CNC(=O)CCN)CC2)cc1. The van der Waals surface area contributed by atoms with Crippen LogP contribution in [0.15, 0.2) is 24.3 Å². The molecule has 3 N–H and O–H groups in total. The first-order chi connectivity index (χ1) is 8.70. The molecule has 0 saturated heterocycles. The Kier molecular flexibility index (Phi) is 3.87. The molecular formula is C14H20N2O2. The molecule has 2 rings (SSSR count). The summed E-state index contributed by atoms with van der Waals surface area (Å²) in [5.41, 5.74) is 6.76. The van der Waals surface area contributed by atoms with Crippen LogP contribution in [0.2, 0.25) is 0 Å². The van der Waals surface area contributed by atoms with Crippen LogP contribution in [-0.2, 0) is 10.2 Å². The summed E-state index contributed by atoms with van der Waals surface area (Å²) in [6.45, 7) is 1.11. The molecule has 0 radical (unpaired) electrons. The van der Waals surface area contributed by atoms with Gasteiger partial charge in [0.25, 0.3) is 0 Å². The second kappa shape index (κ2) is 5.40. The highest BCUT2D eigenvalue weighted by Crippen LogP contribution is 2.47. The van der Waals surface area contributed by atoms with E-state index in [1.807, 2.05) is 12.1 Å². The van der Waals surface area contributed by atoms with E-state index in [2.05, 4.69) is 17.4 Å². The zero-order chi connectivity index (χ0) is 13.0. The number of methoxy groups -OCH3 is 1. The number of amides is 1. The molecule has 0 atom stereocenters. The van der Waals surface area contributed by atoms with Crippen molar-refractivity contribution in [3.8, 4) is 5.75 Å². The van der Waals surface area contributed by atoms with Gasteiger partial charge in [-0.1, -0.05) is 12.1 Å². The zero-order valence-corrected chi connectivity index (χ0v) is 10.7. The Labute approximate surface area is 108 Å². The lowest BCUT2D eigenvalue weighted by molar-refractivity contribution is -0.121. The molecule has 4 nitrogen and oxygen atoms in total. The number of carbonyl (C=O) groups excluding carboxylic acids is 1. The van der Waals surface area contributed by atoms with Crippen LogP contribution < -0.4 is 15.8 Å². The van der Waals surface area contributed by atoms with Crippen LogP contribution in [0.4, 0.5) is 0 Å². The summed E-state index contributed by atoms with van der Waals surface area (Å²) in [6, 6.07) is 8.11. The predicted octanol–water partition coefficient (Wildman–Crippen LogP) is 1.19. The molecule has 0 aliphatic heterocycles. The van der Waals surface area contributed by atoms with Crippen molar-refractivity contribution in [2.75, 3.05) is 20.2 Å². The summed E-state index contributed by atoms with van der Waals surface area (Å²) >= 11 is 0. The number of hydrogen-bond donors (Lipinski definition) is 2. The summed E-state index contributed by atoms with van der Waals surface area (Å²) in [7, 11) is 1.66. The first kappa shape index (κ1) is 12.9. The van der Waals surface area contributed by atoms with Crippen molar-refractivity contribution in [2.24, 2.45) is 5.73 Å². The van der Waals surface area contributed by atoms with Gasteiger partial charge in [0, 0.05) is 24.9 Å². The van der Waals surface area contributed by atoms with Gasteiger partial charge in [0.1, 0.15) is 5.75 Å². The summed E-state index contributed by atoms with van der Waals surface area (Å²) in [6.07, 6.45) is 2.66. The molecule has 1 saturated carbocycles. The van der Waals surface area contributed by atoms with Crippen LogP contribution in [-0.4, -0.2) is 26.1 Å². The zero-order valence-electron chi connectivity index (χ0n) is 10.7. The molecule has 0 aromatic heterocycles. The van der Waals surface area contributed by atoms with Gasteiger partial charge < -0.3 is 15.8 Å². The monoisotopic (exact) mass is 248 g/mol. The van der Waals surface area contributed by atoms with Crippen LogP contribution in [0.1, 0.15) is 24.8 Å². The van der Waals surface area contributed by atoms with Crippen molar-refractivity contribution < 1.29 is 9.53 Å². The van der Waals surface area contributed by atoms with Crippen LogP contribution >= 0.6 is 0 Å². The summed E-state index contributed by atoms with van der Waals surface area (Å²) < 4.78 is 5.15. The van der Waals surface area contributed by atoms with E-state index in [1.165, 1.54) is 5.56 Å². The molecule has 0 spiro atoms. The van der Waals surface area contributed by atoms with Gasteiger partial charge in [-0.2, -0.15) is 0 Å². The smallest absolute Gasteiger partial charge is 0.221 e. The topological polar surface area (TPSA) is 64.3 Å². The van der Waals surface area contributed by atoms with Gasteiger partial charge in [0.15, 0.2) is 0 Å². The molecule has 1 amide bonds. The van der Waals surface area contributed by atoms with E-state index < -0.39 is 0 Å². The minimum absolute atomic E-state index is 0.0392. The quantitative estimate of drug-likeness (QED) is 0.795. The van der Waals surface area contributed by atoms with E-state index in [1.54, 1.807) is 7.11 Å². The lowest BCUT2D eigenvalue weighted by Gasteiger charge is -2.17. The Hall–Kier alpha value is -1.55. The minimum Gasteiger partial charge on any atom is -0.497 e. The first-order valence-corrected chi connectivity index (χ1v) is 6.31. The molecule has 1 fully saturated rings. The maximum atomic E-state index is 11.4. The highest BCUT2D eigenvalue weighted by molar-refractivity contribution is 5.76. The lowest BCUT2D eigenvalue weighted by Crippen LogP contribution is -2.33. The number of ether oxygens (including phenoxy) is 1. The molecule has 0 heterocycles. The third-order valence-electron chi connectivity index (χ3n) is 3.55. The average Bonchev–Trinajstić information content (AvgIpc) is 3.18. The number of nitrogens with one attached hydrogen (secondary N) is 1. The highest BCUT2D eigenvalue weighted by atomic mass is 16.5. The Balaban J connectivity index is 1.96. The van der Waals surface area contributed by atoms with Crippen LogP contribution in [0.5, 0.6) is 5.75 Å². The molecule has 98 valence electrons. The second-order valence-corrected chi connectivity index (χ2v) is 4.82. The third-order valence-corrected chi connectivity index (χ3v) is 3.55. The van der Waals surface area contributed by atoms with Gasteiger partial charge in [-0.25, -0.2) is 0 Å². The number of benzene rings is 1. The fraction of sp³-hybridized carbons (Fsp3) is 0.500. The molecule has 1 aromatic carbocycles. The maximum absolute atomic E-state index is 11.4. The molecule has 18 heavy (non-hydrogen) atoms. The normalized spacial score (nSPS) is 16.1. The van der Waals surface area contributed by atoms with Gasteiger partial charge in [0.05, 0.1) is 7.11 Å². The van der Waals surface area contributed by atoms with E-state index in [4.69, 9.17) is 10.5 Å². The summed E-state index contributed by atoms with van der Waals surface area (Å²) in [5.74, 6) is 0.902. The first-order valence-electron chi connectivity index (χ1n) is 6.31. The third kappa shape index (κ3) is 2.82. The molecule has 1 aliphatic rings. The highest BCUT2D eigenvalue weighted by Gasteiger charge is 2.44. The largest absolute Gasteiger partial charge is 0.497 e. The number of nitrogens with two attached hydrogens (primary N) is 1. The van der Waals surface area contributed by atoms with Crippen molar-refractivity contribution in [3.05, 3.63) is 29.8 Å². The summed E-state index contributed by atoms with van der Waals surface area (Å²) in [5, 5.41) is 2.96. The Morgan fingerprint density at radius 3 is 2.56 bits per heavy atom. The molecule has 1 aliphatic carbocycles. The second-order valence-electron chi connectivity index (χ2n) is 4.82. The fourth-order valence-electron chi connectivity index (χ4n) is 2.15. The molecule has 0 bridgehead atoms. The predicted molar refractivity (Wildman–Crippen MR) is 70.6 cm³/mol. The van der Waals surface area contributed by atoms with E-state index in [0.29, 0.717) is 19.5 Å². The van der Waals surface area contributed by atoms with Crippen LogP contribution in [0.3, 0.4) is 0 Å². The Morgan fingerprint density at radius 1 is 1.39 bits per heavy atom. The van der Waals surface area contributed by atoms with Crippen molar-refractivity contribution in [2.45, 2.75) is 24.7 Å². The van der Waals surface area contributed by atoms with E-state index in [0.717, 1.165) is 18.6 Å². The van der Waals surface area contributed by atoms with Gasteiger partial charge in [-0.05, 0) is 30.5 Å². The van der Waals surface area contributed by atoms with Crippen molar-refractivity contribution in [1.82, 2.24) is 5.32 Å². The maximum Gasteiger partial charge on any atom is 0.221 e. The standard InChI is InChI=1S/C14H20N2O2/c1-18-12-4-2-11(3-5-12)14(7-8-14)10-16-13(17)6-9-15/h2-5H,6-10,15H2,1H3,(H,16,17). The van der Waals surface area contributed by atoms with Gasteiger partial charge in [-0.3, -0.25) is 4.79 Å². The van der Waals surface area contributed by atoms with E-state index in [9.17, 15) is 4.79 Å². The fourth-order valence-corrected chi connectivity index (χ4v) is 2.15. The molecule has 0 unspecified atom stereocenters. The molecule has 1 aromatic rings.